The third-order valence-electron chi connectivity index (χ3n) is 5.21. The Morgan fingerprint density at radius 1 is 1.04 bits per heavy atom. The van der Waals surface area contributed by atoms with Gasteiger partial charge in [-0.05, 0) is 73.8 Å². The lowest BCUT2D eigenvalue weighted by Crippen LogP contribution is -2.38. The molecule has 148 valence electrons. The maximum absolute atomic E-state index is 12.4. The van der Waals surface area contributed by atoms with Gasteiger partial charge >= 0.3 is 0 Å². The van der Waals surface area contributed by atoms with E-state index in [1.807, 2.05) is 12.4 Å². The highest BCUT2D eigenvalue weighted by molar-refractivity contribution is 5.97. The van der Waals surface area contributed by atoms with E-state index in [9.17, 15) is 9.59 Å². The summed E-state index contributed by atoms with van der Waals surface area (Å²) in [4.78, 5) is 32.3. The minimum Gasteiger partial charge on any atom is -0.352 e. The van der Waals surface area contributed by atoms with Gasteiger partial charge in [0.2, 0.25) is 0 Å². The van der Waals surface area contributed by atoms with E-state index in [0.29, 0.717) is 23.6 Å². The summed E-state index contributed by atoms with van der Waals surface area (Å²) in [6.07, 6.45) is 5.84. The topological polar surface area (TPSA) is 65.5 Å². The molecule has 0 atom stereocenters. The molecule has 3 rings (SSSR count). The number of likely N-dealkylation sites (tertiary alicyclic amines) is 1. The van der Waals surface area contributed by atoms with Gasteiger partial charge in [0.25, 0.3) is 11.8 Å². The maximum Gasteiger partial charge on any atom is 0.253 e. The van der Waals surface area contributed by atoms with E-state index in [-0.39, 0.29) is 11.8 Å². The average molecular weight is 380 g/mol. The van der Waals surface area contributed by atoms with Gasteiger partial charge in [0.1, 0.15) is 0 Å². The van der Waals surface area contributed by atoms with Crippen molar-refractivity contribution < 1.29 is 9.59 Å². The fraction of sp³-hybridized carbons (Fsp3) is 0.409. The monoisotopic (exact) mass is 380 g/mol. The average Bonchev–Trinajstić information content (AvgIpc) is 2.73. The summed E-state index contributed by atoms with van der Waals surface area (Å²) in [6, 6.07) is 10.9. The Labute approximate surface area is 166 Å². The number of nitrogens with one attached hydrogen (secondary N) is 1. The maximum atomic E-state index is 12.4. The molecule has 1 aromatic carbocycles. The first-order chi connectivity index (χ1) is 13.5. The van der Waals surface area contributed by atoms with Crippen molar-refractivity contribution >= 4 is 11.8 Å². The lowest BCUT2D eigenvalue weighted by atomic mass is 9.96. The number of hydrogen-bond donors (Lipinski definition) is 1. The molecule has 0 bridgehead atoms. The zero-order chi connectivity index (χ0) is 19.9. The number of hydrogen-bond acceptors (Lipinski definition) is 4. The highest BCUT2D eigenvalue weighted by Crippen LogP contribution is 2.18. The van der Waals surface area contributed by atoms with Crippen LogP contribution in [0.15, 0.2) is 48.8 Å². The van der Waals surface area contributed by atoms with Crippen LogP contribution in [0.4, 0.5) is 0 Å². The molecular formula is C22H28N4O2. The van der Waals surface area contributed by atoms with E-state index < -0.39 is 0 Å². The quantitative estimate of drug-likeness (QED) is 0.836. The molecule has 0 saturated carbocycles. The third-order valence-corrected chi connectivity index (χ3v) is 5.21. The molecule has 1 aliphatic heterocycles. The lowest BCUT2D eigenvalue weighted by Gasteiger charge is -2.32. The summed E-state index contributed by atoms with van der Waals surface area (Å²) in [7, 11) is 3.43. The molecular weight excluding hydrogens is 352 g/mol. The zero-order valence-corrected chi connectivity index (χ0v) is 16.6. The minimum atomic E-state index is -0.0805. The van der Waals surface area contributed by atoms with Gasteiger partial charge in [0.15, 0.2) is 0 Å². The Morgan fingerprint density at radius 3 is 2.25 bits per heavy atom. The van der Waals surface area contributed by atoms with Gasteiger partial charge in [-0.15, -0.1) is 0 Å². The van der Waals surface area contributed by atoms with Crippen molar-refractivity contribution in [3.63, 3.8) is 0 Å². The predicted molar refractivity (Wildman–Crippen MR) is 109 cm³/mol. The number of nitrogens with zero attached hydrogens (tertiary/aromatic N) is 3. The number of amides is 2. The van der Waals surface area contributed by atoms with E-state index in [1.165, 1.54) is 10.5 Å². The van der Waals surface area contributed by atoms with Crippen LogP contribution >= 0.6 is 0 Å². The summed E-state index contributed by atoms with van der Waals surface area (Å²) in [6.45, 7) is 3.74. The molecule has 1 aromatic heterocycles. The smallest absolute Gasteiger partial charge is 0.253 e. The first-order valence-corrected chi connectivity index (χ1v) is 9.74. The van der Waals surface area contributed by atoms with E-state index in [0.717, 1.165) is 32.5 Å². The summed E-state index contributed by atoms with van der Waals surface area (Å²) in [5, 5.41) is 3.04. The largest absolute Gasteiger partial charge is 0.352 e. The first-order valence-electron chi connectivity index (χ1n) is 9.74. The summed E-state index contributed by atoms with van der Waals surface area (Å²) < 4.78 is 0. The molecule has 0 aliphatic carbocycles. The number of pyridine rings is 1. The highest BCUT2D eigenvalue weighted by atomic mass is 16.2. The fourth-order valence-electron chi connectivity index (χ4n) is 3.46. The summed E-state index contributed by atoms with van der Waals surface area (Å²) >= 11 is 0. The molecule has 2 aromatic rings. The van der Waals surface area contributed by atoms with Gasteiger partial charge in [-0.1, -0.05) is 0 Å². The number of carbonyl (C=O) groups is 2. The van der Waals surface area contributed by atoms with Gasteiger partial charge in [0, 0.05) is 50.7 Å². The summed E-state index contributed by atoms with van der Waals surface area (Å²) in [5.41, 5.74) is 2.46. The molecule has 2 amide bonds. The molecule has 2 heterocycles. The number of aromatic nitrogens is 1. The SMILES string of the molecule is CN(C)C(=O)c1ccc(C(=O)NCC2CCN(Cc3ccncc3)CC2)cc1. The van der Waals surface area contributed by atoms with Crippen LogP contribution in [-0.4, -0.2) is 60.3 Å². The van der Waals surface area contributed by atoms with E-state index in [4.69, 9.17) is 0 Å². The van der Waals surface area contributed by atoms with Crippen molar-refractivity contribution in [3.8, 4) is 0 Å². The minimum absolute atomic E-state index is 0.0644. The van der Waals surface area contributed by atoms with Gasteiger partial charge in [-0.25, -0.2) is 0 Å². The second kappa shape index (κ2) is 9.46. The van der Waals surface area contributed by atoms with Gasteiger partial charge in [0.05, 0.1) is 0 Å². The molecule has 6 heteroatoms. The molecule has 0 unspecified atom stereocenters. The van der Waals surface area contributed by atoms with Gasteiger partial charge in [-0.3, -0.25) is 19.5 Å². The lowest BCUT2D eigenvalue weighted by molar-refractivity contribution is 0.0826. The van der Waals surface area contributed by atoms with Crippen molar-refractivity contribution in [2.75, 3.05) is 33.7 Å². The second-order valence-corrected chi connectivity index (χ2v) is 7.56. The molecule has 6 nitrogen and oxygen atoms in total. The normalized spacial score (nSPS) is 15.2. The first kappa shape index (κ1) is 20.0. The Hall–Kier alpha value is -2.73. The van der Waals surface area contributed by atoms with Crippen LogP contribution in [0.1, 0.15) is 39.1 Å². The molecule has 0 spiro atoms. The van der Waals surface area contributed by atoms with Crippen molar-refractivity contribution in [3.05, 3.63) is 65.5 Å². The second-order valence-electron chi connectivity index (χ2n) is 7.56. The third kappa shape index (κ3) is 5.39. The van der Waals surface area contributed by atoms with Crippen LogP contribution in [0.2, 0.25) is 0 Å². The number of carbonyl (C=O) groups excluding carboxylic acids is 2. The molecule has 0 radical (unpaired) electrons. The number of piperidine rings is 1. The van der Waals surface area contributed by atoms with E-state index in [1.54, 1.807) is 38.4 Å². The predicted octanol–water partition coefficient (Wildman–Crippen LogP) is 2.43. The van der Waals surface area contributed by atoms with Gasteiger partial charge in [-0.2, -0.15) is 0 Å². The fourth-order valence-corrected chi connectivity index (χ4v) is 3.46. The number of benzene rings is 1. The Bertz CT molecular complexity index is 782. The Kier molecular flexibility index (Phi) is 6.76. The van der Waals surface area contributed by atoms with Crippen molar-refractivity contribution in [2.45, 2.75) is 19.4 Å². The van der Waals surface area contributed by atoms with Crippen molar-refractivity contribution in [1.29, 1.82) is 0 Å². The molecule has 1 N–H and O–H groups in total. The molecule has 1 fully saturated rings. The van der Waals surface area contributed by atoms with E-state index >= 15 is 0 Å². The highest BCUT2D eigenvalue weighted by Gasteiger charge is 2.20. The van der Waals surface area contributed by atoms with Crippen LogP contribution in [0.3, 0.4) is 0 Å². The molecule has 28 heavy (non-hydrogen) atoms. The van der Waals surface area contributed by atoms with E-state index in [2.05, 4.69) is 27.3 Å². The van der Waals surface area contributed by atoms with Crippen LogP contribution in [0.5, 0.6) is 0 Å². The van der Waals surface area contributed by atoms with Gasteiger partial charge < -0.3 is 10.2 Å². The van der Waals surface area contributed by atoms with Crippen molar-refractivity contribution in [2.24, 2.45) is 5.92 Å². The Morgan fingerprint density at radius 2 is 1.64 bits per heavy atom. The van der Waals surface area contributed by atoms with Crippen LogP contribution in [0.25, 0.3) is 0 Å². The summed E-state index contributed by atoms with van der Waals surface area (Å²) in [5.74, 6) is 0.362. The molecule has 1 saturated heterocycles. The van der Waals surface area contributed by atoms with Crippen LogP contribution in [-0.2, 0) is 6.54 Å². The standard InChI is InChI=1S/C22H28N4O2/c1-25(2)22(28)20-5-3-19(4-6-20)21(27)24-15-17-9-13-26(14-10-17)16-18-7-11-23-12-8-18/h3-8,11-12,17H,9-10,13-16H2,1-2H3,(H,24,27). The number of rotatable bonds is 6. The van der Waals surface area contributed by atoms with Crippen LogP contribution < -0.4 is 5.32 Å². The zero-order valence-electron chi connectivity index (χ0n) is 16.6. The molecule has 1 aliphatic rings. The van der Waals surface area contributed by atoms with Crippen LogP contribution in [0, 0.1) is 5.92 Å². The van der Waals surface area contributed by atoms with Crippen molar-refractivity contribution in [1.82, 2.24) is 20.1 Å². The Balaban J connectivity index is 1.42.